The lowest BCUT2D eigenvalue weighted by molar-refractivity contribution is -0.140. The zero-order valence-corrected chi connectivity index (χ0v) is 21.5. The minimum atomic E-state index is -0.736. The highest BCUT2D eigenvalue weighted by atomic mass is 79.9. The molecule has 0 aliphatic carbocycles. The molecule has 0 bridgehead atoms. The number of carbonyl (C=O) groups is 2. The molecule has 0 unspecified atom stereocenters. The number of aryl methyl sites for hydroxylation is 1. The fourth-order valence-corrected chi connectivity index (χ4v) is 4.36. The third-order valence-corrected chi connectivity index (χ3v) is 6.35. The molecule has 1 aromatic heterocycles. The first-order chi connectivity index (χ1) is 16.8. The maximum atomic E-state index is 13.2. The fraction of sp³-hybridized carbons (Fsp3) is 0.250. The molecule has 2 aromatic carbocycles. The second kappa shape index (κ2) is 10.4. The van der Waals surface area contributed by atoms with Crippen LogP contribution in [-0.2, 0) is 16.1 Å². The van der Waals surface area contributed by atoms with Crippen molar-refractivity contribution in [2.45, 2.75) is 33.4 Å². The number of rotatable bonds is 7. The average Bonchev–Trinajstić information content (AvgIpc) is 3.09. The van der Waals surface area contributed by atoms with Gasteiger partial charge in [-0.25, -0.2) is 0 Å². The zero-order chi connectivity index (χ0) is 25.1. The predicted octanol–water partition coefficient (Wildman–Crippen LogP) is 5.81. The first kappa shape index (κ1) is 24.7. The summed E-state index contributed by atoms with van der Waals surface area (Å²) < 4.78 is 6.72. The molecule has 0 saturated carbocycles. The standard InChI is InChI=1S/C28H27BrN2O4/c1-17(2)16-35-23-11-8-21(13-18(23)3)26(32)24-25(20-6-9-22(29)10-7-20)31(28(34)27(24)33)15-19-5-4-12-30-14-19/h4-14,17,25,32H,15-16H2,1-3H3/b26-24+/t25-/m1/s1. The van der Waals surface area contributed by atoms with Gasteiger partial charge in [-0.15, -0.1) is 0 Å². The van der Waals surface area contributed by atoms with Crippen molar-refractivity contribution in [2.75, 3.05) is 6.61 Å². The van der Waals surface area contributed by atoms with Gasteiger partial charge in [0, 0.05) is 29.0 Å². The first-order valence-electron chi connectivity index (χ1n) is 11.4. The van der Waals surface area contributed by atoms with E-state index in [1.807, 2.05) is 37.3 Å². The summed E-state index contributed by atoms with van der Waals surface area (Å²) in [6.07, 6.45) is 3.32. The fourth-order valence-electron chi connectivity index (χ4n) is 4.09. The Morgan fingerprint density at radius 1 is 1.14 bits per heavy atom. The van der Waals surface area contributed by atoms with Gasteiger partial charge < -0.3 is 14.7 Å². The Hall–Kier alpha value is -3.45. The Morgan fingerprint density at radius 2 is 1.89 bits per heavy atom. The molecule has 180 valence electrons. The highest BCUT2D eigenvalue weighted by molar-refractivity contribution is 9.10. The van der Waals surface area contributed by atoms with Crippen molar-refractivity contribution in [3.8, 4) is 5.75 Å². The number of nitrogens with zero attached hydrogens (tertiary/aromatic N) is 2. The van der Waals surface area contributed by atoms with E-state index in [0.717, 1.165) is 26.9 Å². The minimum Gasteiger partial charge on any atom is -0.507 e. The lowest BCUT2D eigenvalue weighted by Gasteiger charge is -2.25. The molecule has 1 aliphatic rings. The van der Waals surface area contributed by atoms with Crippen LogP contribution in [0.1, 0.15) is 42.1 Å². The molecule has 1 aliphatic heterocycles. The molecule has 1 amide bonds. The first-order valence-corrected chi connectivity index (χ1v) is 12.2. The van der Waals surface area contributed by atoms with Crippen LogP contribution in [0.4, 0.5) is 0 Å². The number of hydrogen-bond donors (Lipinski definition) is 1. The Balaban J connectivity index is 1.78. The maximum Gasteiger partial charge on any atom is 0.295 e. The lowest BCUT2D eigenvalue weighted by atomic mass is 9.94. The molecule has 2 heterocycles. The number of halogens is 1. The molecule has 1 saturated heterocycles. The minimum absolute atomic E-state index is 0.0662. The van der Waals surface area contributed by atoms with E-state index in [0.29, 0.717) is 18.1 Å². The van der Waals surface area contributed by atoms with Crippen molar-refractivity contribution in [1.29, 1.82) is 0 Å². The van der Waals surface area contributed by atoms with Gasteiger partial charge in [0.25, 0.3) is 11.7 Å². The SMILES string of the molecule is Cc1cc(/C(O)=C2\C(=O)C(=O)N(Cc3cccnc3)[C@@H]2c2ccc(Br)cc2)ccc1OCC(C)C. The van der Waals surface area contributed by atoms with Gasteiger partial charge in [0.05, 0.1) is 18.2 Å². The summed E-state index contributed by atoms with van der Waals surface area (Å²) in [5, 5.41) is 11.3. The van der Waals surface area contributed by atoms with E-state index in [4.69, 9.17) is 4.74 Å². The van der Waals surface area contributed by atoms with Gasteiger partial charge in [0.15, 0.2) is 0 Å². The van der Waals surface area contributed by atoms with Crippen LogP contribution < -0.4 is 4.74 Å². The normalized spacial score (nSPS) is 17.3. The van der Waals surface area contributed by atoms with Crippen LogP contribution in [0.2, 0.25) is 0 Å². The molecule has 4 rings (SSSR count). The summed E-state index contributed by atoms with van der Waals surface area (Å²) in [7, 11) is 0. The van der Waals surface area contributed by atoms with Gasteiger partial charge in [-0.05, 0) is 65.9 Å². The number of carbonyl (C=O) groups excluding carboxylic acids is 2. The van der Waals surface area contributed by atoms with Crippen LogP contribution >= 0.6 is 15.9 Å². The van der Waals surface area contributed by atoms with Gasteiger partial charge in [-0.2, -0.15) is 0 Å². The molecule has 0 spiro atoms. The van der Waals surface area contributed by atoms with E-state index in [9.17, 15) is 14.7 Å². The van der Waals surface area contributed by atoms with Crippen molar-refractivity contribution in [1.82, 2.24) is 9.88 Å². The zero-order valence-electron chi connectivity index (χ0n) is 19.9. The van der Waals surface area contributed by atoms with Crippen LogP contribution in [0, 0.1) is 12.8 Å². The molecule has 7 heteroatoms. The summed E-state index contributed by atoms with van der Waals surface area (Å²) in [5.41, 5.74) is 2.88. The molecular formula is C28H27BrN2O4. The second-order valence-corrected chi connectivity index (χ2v) is 9.94. The molecule has 35 heavy (non-hydrogen) atoms. The molecule has 0 radical (unpaired) electrons. The van der Waals surface area contributed by atoms with E-state index < -0.39 is 17.7 Å². The van der Waals surface area contributed by atoms with Crippen molar-refractivity contribution in [3.63, 3.8) is 0 Å². The molecule has 1 N–H and O–H groups in total. The monoisotopic (exact) mass is 534 g/mol. The number of aliphatic hydroxyl groups is 1. The maximum absolute atomic E-state index is 13.2. The van der Waals surface area contributed by atoms with E-state index in [2.05, 4.69) is 34.8 Å². The van der Waals surface area contributed by atoms with Gasteiger partial charge in [-0.1, -0.05) is 48.0 Å². The number of hydrogen-bond acceptors (Lipinski definition) is 5. The number of Topliss-reactive ketones (excluding diaryl/α,β-unsaturated/α-hetero) is 1. The van der Waals surface area contributed by atoms with Crippen molar-refractivity contribution >= 4 is 33.4 Å². The molecule has 6 nitrogen and oxygen atoms in total. The van der Waals surface area contributed by atoms with E-state index in [1.54, 1.807) is 36.7 Å². The summed E-state index contributed by atoms with van der Waals surface area (Å²) in [6, 6.07) is 15.6. The number of amides is 1. The third-order valence-electron chi connectivity index (χ3n) is 5.82. The highest BCUT2D eigenvalue weighted by Gasteiger charge is 2.46. The summed E-state index contributed by atoms with van der Waals surface area (Å²) in [4.78, 5) is 32.0. The molecule has 3 aromatic rings. The Kier molecular flexibility index (Phi) is 7.36. The van der Waals surface area contributed by atoms with Crippen LogP contribution in [0.5, 0.6) is 5.75 Å². The van der Waals surface area contributed by atoms with Crippen LogP contribution in [0.3, 0.4) is 0 Å². The van der Waals surface area contributed by atoms with Gasteiger partial charge in [0.2, 0.25) is 0 Å². The topological polar surface area (TPSA) is 79.7 Å². The van der Waals surface area contributed by atoms with Crippen molar-refractivity contribution < 1.29 is 19.4 Å². The highest BCUT2D eigenvalue weighted by Crippen LogP contribution is 2.41. The van der Waals surface area contributed by atoms with Gasteiger partial charge >= 0.3 is 0 Å². The van der Waals surface area contributed by atoms with Crippen LogP contribution in [-0.4, -0.2) is 33.3 Å². The Labute approximate surface area is 213 Å². The van der Waals surface area contributed by atoms with E-state index in [1.165, 1.54) is 4.90 Å². The second-order valence-electron chi connectivity index (χ2n) is 9.02. The third kappa shape index (κ3) is 5.30. The Morgan fingerprint density at radius 3 is 2.51 bits per heavy atom. The quantitative estimate of drug-likeness (QED) is 0.235. The smallest absolute Gasteiger partial charge is 0.295 e. The largest absolute Gasteiger partial charge is 0.507 e. The number of benzene rings is 2. The number of aliphatic hydroxyl groups excluding tert-OH is 1. The van der Waals surface area contributed by atoms with E-state index in [-0.39, 0.29) is 17.9 Å². The van der Waals surface area contributed by atoms with Gasteiger partial charge in [0.1, 0.15) is 11.5 Å². The summed E-state index contributed by atoms with van der Waals surface area (Å²) in [5.74, 6) is -0.474. The average molecular weight is 535 g/mol. The number of aromatic nitrogens is 1. The van der Waals surface area contributed by atoms with Crippen LogP contribution in [0.15, 0.2) is 77.0 Å². The molecule has 1 atom stereocenters. The van der Waals surface area contributed by atoms with E-state index >= 15 is 0 Å². The molecule has 1 fully saturated rings. The number of ether oxygens (including phenoxy) is 1. The number of ketones is 1. The number of pyridine rings is 1. The molecular weight excluding hydrogens is 508 g/mol. The predicted molar refractivity (Wildman–Crippen MR) is 138 cm³/mol. The van der Waals surface area contributed by atoms with Crippen molar-refractivity contribution in [2.24, 2.45) is 5.92 Å². The van der Waals surface area contributed by atoms with Crippen LogP contribution in [0.25, 0.3) is 5.76 Å². The van der Waals surface area contributed by atoms with Gasteiger partial charge in [-0.3, -0.25) is 14.6 Å². The lowest BCUT2D eigenvalue weighted by Crippen LogP contribution is -2.29. The summed E-state index contributed by atoms with van der Waals surface area (Å²) >= 11 is 3.43. The summed E-state index contributed by atoms with van der Waals surface area (Å²) in [6.45, 7) is 6.80. The Bertz CT molecular complexity index is 1270. The number of likely N-dealkylation sites (tertiary alicyclic amines) is 1. The van der Waals surface area contributed by atoms with Crippen molar-refractivity contribution in [3.05, 3.63) is 99.3 Å².